The van der Waals surface area contributed by atoms with Crippen LogP contribution >= 0.6 is 0 Å². The first-order chi connectivity index (χ1) is 10.1. The van der Waals surface area contributed by atoms with Crippen molar-refractivity contribution in [3.63, 3.8) is 0 Å². The van der Waals surface area contributed by atoms with Crippen molar-refractivity contribution < 1.29 is 4.92 Å². The van der Waals surface area contributed by atoms with Gasteiger partial charge in [0.1, 0.15) is 5.52 Å². The lowest BCUT2D eigenvalue weighted by molar-refractivity contribution is -0.383. The van der Waals surface area contributed by atoms with E-state index in [2.05, 4.69) is 32.0 Å². The summed E-state index contributed by atoms with van der Waals surface area (Å²) in [5.74, 6) is 0. The highest BCUT2D eigenvalue weighted by atomic mass is 16.6. The van der Waals surface area contributed by atoms with Gasteiger partial charge in [-0.05, 0) is 36.6 Å². The topological polar surface area (TPSA) is 48.1 Å². The third-order valence-electron chi connectivity index (χ3n) is 3.89. The fourth-order valence-electron chi connectivity index (χ4n) is 2.62. The lowest BCUT2D eigenvalue weighted by Crippen LogP contribution is -2.01. The molecule has 106 valence electrons. The van der Waals surface area contributed by atoms with Crippen molar-refractivity contribution in [2.75, 3.05) is 0 Å². The normalized spacial score (nSPS) is 11.0. The number of para-hydroxylation sites is 1. The number of hydrogen-bond acceptors (Lipinski definition) is 2. The zero-order valence-corrected chi connectivity index (χ0v) is 12.0. The summed E-state index contributed by atoms with van der Waals surface area (Å²) in [6.45, 7) is 4.79. The molecule has 2 aromatic carbocycles. The van der Waals surface area contributed by atoms with Gasteiger partial charge >= 0.3 is 0 Å². The van der Waals surface area contributed by atoms with E-state index >= 15 is 0 Å². The number of aryl methyl sites for hydroxylation is 2. The minimum Gasteiger partial charge on any atom is -0.337 e. The Bertz CT molecular complexity index is 834. The summed E-state index contributed by atoms with van der Waals surface area (Å²) >= 11 is 0. The van der Waals surface area contributed by atoms with Crippen LogP contribution in [0.4, 0.5) is 5.69 Å². The minimum absolute atomic E-state index is 0.154. The molecule has 4 nitrogen and oxygen atoms in total. The van der Waals surface area contributed by atoms with E-state index in [9.17, 15) is 10.1 Å². The first-order valence-corrected chi connectivity index (χ1v) is 6.84. The highest BCUT2D eigenvalue weighted by Crippen LogP contribution is 2.27. The first-order valence-electron chi connectivity index (χ1n) is 6.84. The van der Waals surface area contributed by atoms with E-state index in [-0.39, 0.29) is 10.6 Å². The zero-order valence-electron chi connectivity index (χ0n) is 12.0. The average Bonchev–Trinajstić information content (AvgIpc) is 2.86. The van der Waals surface area contributed by atoms with Crippen molar-refractivity contribution in [3.05, 3.63) is 75.5 Å². The van der Waals surface area contributed by atoms with Crippen LogP contribution in [-0.2, 0) is 6.54 Å². The smallest absolute Gasteiger partial charge is 0.293 e. The quantitative estimate of drug-likeness (QED) is 0.533. The SMILES string of the molecule is Cc1ccc(Cn2ccc3cccc([N+](=O)[O-])c32)cc1C. The van der Waals surface area contributed by atoms with Gasteiger partial charge < -0.3 is 4.57 Å². The van der Waals surface area contributed by atoms with Crippen LogP contribution in [0.2, 0.25) is 0 Å². The molecule has 21 heavy (non-hydrogen) atoms. The van der Waals surface area contributed by atoms with Crippen LogP contribution in [0.15, 0.2) is 48.7 Å². The van der Waals surface area contributed by atoms with Gasteiger partial charge in [-0.2, -0.15) is 0 Å². The number of aromatic nitrogens is 1. The Morgan fingerprint density at radius 1 is 1.10 bits per heavy atom. The third kappa shape index (κ3) is 2.40. The molecule has 0 amide bonds. The minimum atomic E-state index is -0.320. The lowest BCUT2D eigenvalue weighted by Gasteiger charge is -2.08. The molecule has 0 aliphatic rings. The van der Waals surface area contributed by atoms with Crippen LogP contribution in [-0.4, -0.2) is 9.49 Å². The number of nitrogens with zero attached hydrogens (tertiary/aromatic N) is 2. The summed E-state index contributed by atoms with van der Waals surface area (Å²) in [5, 5.41) is 12.1. The molecule has 0 unspecified atom stereocenters. The second kappa shape index (κ2) is 5.05. The molecular weight excluding hydrogens is 264 g/mol. The molecule has 1 heterocycles. The largest absolute Gasteiger partial charge is 0.337 e. The van der Waals surface area contributed by atoms with Crippen LogP contribution in [0, 0.1) is 24.0 Å². The van der Waals surface area contributed by atoms with Crippen molar-refractivity contribution in [1.29, 1.82) is 0 Å². The number of benzene rings is 2. The molecule has 0 N–H and O–H groups in total. The Morgan fingerprint density at radius 3 is 2.62 bits per heavy atom. The second-order valence-electron chi connectivity index (χ2n) is 5.33. The van der Waals surface area contributed by atoms with E-state index in [4.69, 9.17) is 0 Å². The van der Waals surface area contributed by atoms with Crippen LogP contribution in [0.1, 0.15) is 16.7 Å². The van der Waals surface area contributed by atoms with Gasteiger partial charge in [-0.1, -0.05) is 30.3 Å². The second-order valence-corrected chi connectivity index (χ2v) is 5.33. The summed E-state index contributed by atoms with van der Waals surface area (Å²) in [7, 11) is 0. The molecule has 0 saturated carbocycles. The van der Waals surface area contributed by atoms with Crippen molar-refractivity contribution in [2.45, 2.75) is 20.4 Å². The maximum atomic E-state index is 11.2. The van der Waals surface area contributed by atoms with Crippen molar-refractivity contribution in [3.8, 4) is 0 Å². The summed E-state index contributed by atoms with van der Waals surface area (Å²) in [6.07, 6.45) is 1.91. The Labute approximate surface area is 122 Å². The number of rotatable bonds is 3. The van der Waals surface area contributed by atoms with E-state index in [1.165, 1.54) is 11.1 Å². The molecule has 0 aliphatic carbocycles. The highest BCUT2D eigenvalue weighted by molar-refractivity contribution is 5.88. The van der Waals surface area contributed by atoms with Gasteiger partial charge in [-0.15, -0.1) is 0 Å². The van der Waals surface area contributed by atoms with E-state index in [0.717, 1.165) is 10.9 Å². The zero-order chi connectivity index (χ0) is 15.0. The van der Waals surface area contributed by atoms with Gasteiger partial charge in [0.15, 0.2) is 0 Å². The molecule has 0 spiro atoms. The number of hydrogen-bond donors (Lipinski definition) is 0. The van der Waals surface area contributed by atoms with E-state index < -0.39 is 0 Å². The van der Waals surface area contributed by atoms with E-state index in [1.54, 1.807) is 12.1 Å². The molecule has 0 atom stereocenters. The van der Waals surface area contributed by atoms with Gasteiger partial charge in [0.05, 0.1) is 4.92 Å². The molecule has 0 radical (unpaired) electrons. The molecule has 3 rings (SSSR count). The monoisotopic (exact) mass is 280 g/mol. The van der Waals surface area contributed by atoms with E-state index in [0.29, 0.717) is 12.1 Å². The Balaban J connectivity index is 2.08. The predicted molar refractivity (Wildman–Crippen MR) is 83.6 cm³/mol. The number of nitro benzene ring substituents is 1. The third-order valence-corrected chi connectivity index (χ3v) is 3.89. The van der Waals surface area contributed by atoms with Gasteiger partial charge in [0.25, 0.3) is 5.69 Å². The Morgan fingerprint density at radius 2 is 1.90 bits per heavy atom. The fraction of sp³-hybridized carbons (Fsp3) is 0.176. The molecule has 4 heteroatoms. The van der Waals surface area contributed by atoms with Gasteiger partial charge in [0.2, 0.25) is 0 Å². The summed E-state index contributed by atoms with van der Waals surface area (Å²) < 4.78 is 1.94. The predicted octanol–water partition coefficient (Wildman–Crippen LogP) is 4.21. The summed E-state index contributed by atoms with van der Waals surface area (Å²) in [6, 6.07) is 13.4. The van der Waals surface area contributed by atoms with Crippen molar-refractivity contribution in [2.24, 2.45) is 0 Å². The fourth-order valence-corrected chi connectivity index (χ4v) is 2.62. The van der Waals surface area contributed by atoms with Gasteiger partial charge in [-0.3, -0.25) is 10.1 Å². The van der Waals surface area contributed by atoms with Crippen molar-refractivity contribution in [1.82, 2.24) is 4.57 Å². The van der Waals surface area contributed by atoms with E-state index in [1.807, 2.05) is 22.9 Å². The number of nitro groups is 1. The maximum absolute atomic E-state index is 11.2. The Hall–Kier alpha value is -2.62. The van der Waals surface area contributed by atoms with Crippen LogP contribution < -0.4 is 0 Å². The molecule has 1 aromatic heterocycles. The number of non-ortho nitro benzene ring substituents is 1. The molecule has 0 fully saturated rings. The molecule has 0 bridgehead atoms. The van der Waals surface area contributed by atoms with Crippen LogP contribution in [0.25, 0.3) is 10.9 Å². The molecule has 3 aromatic rings. The molecule has 0 aliphatic heterocycles. The first kappa shape index (κ1) is 13.4. The molecule has 0 saturated heterocycles. The van der Waals surface area contributed by atoms with Gasteiger partial charge in [0, 0.05) is 24.2 Å². The highest BCUT2D eigenvalue weighted by Gasteiger charge is 2.15. The summed E-state index contributed by atoms with van der Waals surface area (Å²) in [5.41, 5.74) is 4.47. The van der Waals surface area contributed by atoms with Crippen LogP contribution in [0.3, 0.4) is 0 Å². The number of fused-ring (bicyclic) bond motifs is 1. The molecular formula is C17H16N2O2. The van der Waals surface area contributed by atoms with Crippen molar-refractivity contribution >= 4 is 16.6 Å². The maximum Gasteiger partial charge on any atom is 0.293 e. The standard InChI is InChI=1S/C17H16N2O2/c1-12-6-7-14(10-13(12)2)11-18-9-8-15-4-3-5-16(17(15)18)19(20)21/h3-10H,11H2,1-2H3. The lowest BCUT2D eigenvalue weighted by atomic mass is 10.1. The average molecular weight is 280 g/mol. The van der Waals surface area contributed by atoms with Gasteiger partial charge in [-0.25, -0.2) is 0 Å². The van der Waals surface area contributed by atoms with Crippen LogP contribution in [0.5, 0.6) is 0 Å². The summed E-state index contributed by atoms with van der Waals surface area (Å²) in [4.78, 5) is 10.9. The Kier molecular flexibility index (Phi) is 3.22.